The molecule has 0 unspecified atom stereocenters. The fourth-order valence-corrected chi connectivity index (χ4v) is 3.85. The first-order chi connectivity index (χ1) is 11.1. The van der Waals surface area contributed by atoms with E-state index in [9.17, 15) is 4.79 Å². The van der Waals surface area contributed by atoms with E-state index >= 15 is 0 Å². The lowest BCUT2D eigenvalue weighted by atomic mass is 10.2. The highest BCUT2D eigenvalue weighted by molar-refractivity contribution is 8.02. The standard InChI is InChI=1S/C15H20N4O2S2/c1-4-16-14-18-19-15(23-14)22-10(2)13(20)17-9-11-7-5-6-8-12(11)21-3/h5-8,10H,4,9H2,1-3H3,(H,16,18)(H,17,20)/t10-/m1/s1. The van der Waals surface area contributed by atoms with Crippen LogP contribution in [0.1, 0.15) is 19.4 Å². The number of ether oxygens (including phenoxy) is 1. The van der Waals surface area contributed by atoms with Crippen molar-refractivity contribution < 1.29 is 9.53 Å². The molecule has 124 valence electrons. The Hall–Kier alpha value is -1.80. The average Bonchev–Trinajstić information content (AvgIpc) is 3.00. The van der Waals surface area contributed by atoms with E-state index in [1.165, 1.54) is 23.1 Å². The van der Waals surface area contributed by atoms with E-state index in [0.29, 0.717) is 6.54 Å². The molecule has 6 nitrogen and oxygen atoms in total. The number of amides is 1. The summed E-state index contributed by atoms with van der Waals surface area (Å²) in [6, 6.07) is 7.64. The molecule has 0 saturated carbocycles. The number of anilines is 1. The van der Waals surface area contributed by atoms with Crippen molar-refractivity contribution in [1.29, 1.82) is 0 Å². The van der Waals surface area contributed by atoms with E-state index in [4.69, 9.17) is 4.74 Å². The Morgan fingerprint density at radius 3 is 2.91 bits per heavy atom. The third-order valence-electron chi connectivity index (χ3n) is 3.03. The normalized spacial score (nSPS) is 11.8. The lowest BCUT2D eigenvalue weighted by Gasteiger charge is -2.12. The van der Waals surface area contributed by atoms with Crippen molar-refractivity contribution in [1.82, 2.24) is 15.5 Å². The van der Waals surface area contributed by atoms with Crippen LogP contribution >= 0.6 is 23.1 Å². The van der Waals surface area contributed by atoms with Crippen LogP contribution in [0.15, 0.2) is 28.6 Å². The van der Waals surface area contributed by atoms with Gasteiger partial charge in [-0.3, -0.25) is 4.79 Å². The van der Waals surface area contributed by atoms with Crippen molar-refractivity contribution in [2.45, 2.75) is 30.0 Å². The van der Waals surface area contributed by atoms with Gasteiger partial charge in [-0.1, -0.05) is 41.3 Å². The molecule has 0 aliphatic rings. The van der Waals surface area contributed by atoms with Gasteiger partial charge in [0.2, 0.25) is 11.0 Å². The van der Waals surface area contributed by atoms with E-state index < -0.39 is 0 Å². The van der Waals surface area contributed by atoms with Crippen LogP contribution in [0.25, 0.3) is 0 Å². The molecular weight excluding hydrogens is 332 g/mol. The first-order valence-electron chi connectivity index (χ1n) is 7.27. The van der Waals surface area contributed by atoms with Gasteiger partial charge in [0.25, 0.3) is 0 Å². The molecular formula is C15H20N4O2S2. The Balaban J connectivity index is 1.87. The van der Waals surface area contributed by atoms with Crippen LogP contribution < -0.4 is 15.4 Å². The van der Waals surface area contributed by atoms with Crippen LogP contribution in [0.4, 0.5) is 5.13 Å². The number of carbonyl (C=O) groups excluding carboxylic acids is 1. The largest absolute Gasteiger partial charge is 0.496 e. The number of rotatable bonds is 8. The molecule has 0 aliphatic heterocycles. The van der Waals surface area contributed by atoms with Crippen LogP contribution in [0.2, 0.25) is 0 Å². The van der Waals surface area contributed by atoms with Gasteiger partial charge >= 0.3 is 0 Å². The van der Waals surface area contributed by atoms with E-state index in [-0.39, 0.29) is 11.2 Å². The van der Waals surface area contributed by atoms with Gasteiger partial charge in [-0.05, 0) is 19.9 Å². The summed E-state index contributed by atoms with van der Waals surface area (Å²) in [7, 11) is 1.62. The average molecular weight is 352 g/mol. The van der Waals surface area contributed by atoms with Gasteiger partial charge in [0.1, 0.15) is 5.75 Å². The second-order valence-electron chi connectivity index (χ2n) is 4.69. The zero-order chi connectivity index (χ0) is 16.7. The number of benzene rings is 1. The number of carbonyl (C=O) groups is 1. The maximum atomic E-state index is 12.2. The highest BCUT2D eigenvalue weighted by atomic mass is 32.2. The molecule has 1 amide bonds. The summed E-state index contributed by atoms with van der Waals surface area (Å²) in [6.45, 7) is 5.10. The topological polar surface area (TPSA) is 76.1 Å². The lowest BCUT2D eigenvalue weighted by Crippen LogP contribution is -2.30. The van der Waals surface area contributed by atoms with Crippen LogP contribution in [0.5, 0.6) is 5.75 Å². The van der Waals surface area contributed by atoms with Gasteiger partial charge in [0.05, 0.1) is 12.4 Å². The van der Waals surface area contributed by atoms with E-state index in [1.807, 2.05) is 38.1 Å². The molecule has 2 rings (SSSR count). The van der Waals surface area contributed by atoms with Gasteiger partial charge in [0.15, 0.2) is 4.34 Å². The van der Waals surface area contributed by atoms with Crippen molar-refractivity contribution in [3.05, 3.63) is 29.8 Å². The fourth-order valence-electron chi connectivity index (χ4n) is 1.86. The zero-order valence-electron chi connectivity index (χ0n) is 13.3. The number of nitrogens with one attached hydrogen (secondary N) is 2. The van der Waals surface area contributed by atoms with Gasteiger partial charge in [-0.2, -0.15) is 0 Å². The van der Waals surface area contributed by atoms with E-state index in [0.717, 1.165) is 27.3 Å². The molecule has 0 bridgehead atoms. The molecule has 0 saturated heterocycles. The number of methoxy groups -OCH3 is 1. The molecule has 2 N–H and O–H groups in total. The summed E-state index contributed by atoms with van der Waals surface area (Å²) < 4.78 is 6.06. The molecule has 0 fully saturated rings. The Kier molecular flexibility index (Phi) is 6.66. The highest BCUT2D eigenvalue weighted by Crippen LogP contribution is 2.29. The van der Waals surface area contributed by atoms with E-state index in [2.05, 4.69) is 20.8 Å². The zero-order valence-corrected chi connectivity index (χ0v) is 15.0. The van der Waals surface area contributed by atoms with Gasteiger partial charge < -0.3 is 15.4 Å². The molecule has 1 atom stereocenters. The molecule has 8 heteroatoms. The SMILES string of the molecule is CCNc1nnc(S[C@H](C)C(=O)NCc2ccccc2OC)s1. The Morgan fingerprint density at radius 2 is 2.17 bits per heavy atom. The van der Waals surface area contributed by atoms with Crippen LogP contribution in [-0.2, 0) is 11.3 Å². The number of nitrogens with zero attached hydrogens (tertiary/aromatic N) is 2. The number of thioether (sulfide) groups is 1. The Morgan fingerprint density at radius 1 is 1.39 bits per heavy atom. The second kappa shape index (κ2) is 8.73. The molecule has 0 spiro atoms. The summed E-state index contributed by atoms with van der Waals surface area (Å²) in [5.41, 5.74) is 0.950. The van der Waals surface area contributed by atoms with Crippen molar-refractivity contribution in [2.75, 3.05) is 19.0 Å². The number of hydrogen-bond acceptors (Lipinski definition) is 7. The summed E-state index contributed by atoms with van der Waals surface area (Å²) >= 11 is 2.86. The van der Waals surface area contributed by atoms with Crippen molar-refractivity contribution in [3.63, 3.8) is 0 Å². The molecule has 1 aromatic heterocycles. The van der Waals surface area contributed by atoms with Crippen molar-refractivity contribution >= 4 is 34.1 Å². The minimum atomic E-state index is -0.243. The quantitative estimate of drug-likeness (QED) is 0.712. The summed E-state index contributed by atoms with van der Waals surface area (Å²) in [6.07, 6.45) is 0. The number of hydrogen-bond donors (Lipinski definition) is 2. The summed E-state index contributed by atoms with van der Waals surface area (Å²) in [4.78, 5) is 12.2. The van der Waals surface area contributed by atoms with Crippen molar-refractivity contribution in [3.8, 4) is 5.75 Å². The smallest absolute Gasteiger partial charge is 0.233 e. The van der Waals surface area contributed by atoms with Crippen LogP contribution in [0.3, 0.4) is 0 Å². The maximum Gasteiger partial charge on any atom is 0.233 e. The second-order valence-corrected chi connectivity index (χ2v) is 7.26. The molecule has 1 heterocycles. The van der Waals surface area contributed by atoms with Crippen LogP contribution in [-0.4, -0.2) is 35.0 Å². The summed E-state index contributed by atoms with van der Waals surface area (Å²) in [5, 5.41) is 14.7. The maximum absolute atomic E-state index is 12.2. The first-order valence-corrected chi connectivity index (χ1v) is 8.97. The minimum Gasteiger partial charge on any atom is -0.496 e. The van der Waals surface area contributed by atoms with Gasteiger partial charge in [-0.15, -0.1) is 10.2 Å². The third kappa shape index (κ3) is 5.11. The molecule has 0 radical (unpaired) electrons. The first kappa shape index (κ1) is 17.6. The summed E-state index contributed by atoms with van der Waals surface area (Å²) in [5.74, 6) is 0.730. The lowest BCUT2D eigenvalue weighted by molar-refractivity contribution is -0.120. The molecule has 23 heavy (non-hydrogen) atoms. The van der Waals surface area contributed by atoms with Crippen molar-refractivity contribution in [2.24, 2.45) is 0 Å². The minimum absolute atomic E-state index is 0.0406. The predicted octanol–water partition coefficient (Wildman–Crippen LogP) is 2.78. The van der Waals surface area contributed by atoms with E-state index in [1.54, 1.807) is 7.11 Å². The number of para-hydroxylation sites is 1. The number of aromatic nitrogens is 2. The molecule has 1 aromatic carbocycles. The van der Waals surface area contributed by atoms with Gasteiger partial charge in [-0.25, -0.2) is 0 Å². The Labute approximate surface area is 144 Å². The fraction of sp³-hybridized carbons (Fsp3) is 0.400. The highest BCUT2D eigenvalue weighted by Gasteiger charge is 2.17. The molecule has 0 aliphatic carbocycles. The predicted molar refractivity (Wildman–Crippen MR) is 94.2 cm³/mol. The van der Waals surface area contributed by atoms with Crippen LogP contribution in [0, 0.1) is 0 Å². The van der Waals surface area contributed by atoms with Gasteiger partial charge in [0, 0.05) is 18.7 Å². The monoisotopic (exact) mass is 352 g/mol. The Bertz CT molecular complexity index is 648. The third-order valence-corrected chi connectivity index (χ3v) is 5.09. The molecule has 2 aromatic rings.